The molecule has 0 fully saturated rings. The quantitative estimate of drug-likeness (QED) is 0.250. The van der Waals surface area contributed by atoms with Crippen molar-refractivity contribution >= 4 is 13.5 Å². The van der Waals surface area contributed by atoms with Crippen LogP contribution >= 0.6 is 0 Å². The highest BCUT2D eigenvalue weighted by atomic mass is 32.1. The lowest BCUT2D eigenvalue weighted by Gasteiger charge is -2.23. The van der Waals surface area contributed by atoms with Crippen LogP contribution in [0.25, 0.3) is 0 Å². The van der Waals surface area contributed by atoms with E-state index in [1.54, 1.807) is 0 Å². The summed E-state index contributed by atoms with van der Waals surface area (Å²) < 4.78 is 1.12. The molecule has 2 heteroatoms. The Bertz CT molecular complexity index is 186. The molecule has 0 saturated heterocycles. The van der Waals surface area contributed by atoms with Crippen LogP contribution in [0.3, 0.4) is 0 Å². The van der Waals surface area contributed by atoms with Crippen LogP contribution in [0.5, 0.6) is 0 Å². The summed E-state index contributed by atoms with van der Waals surface area (Å²) in [4.78, 5) is 0. The van der Waals surface area contributed by atoms with Gasteiger partial charge in [0, 0.05) is 0 Å². The van der Waals surface area contributed by atoms with Gasteiger partial charge in [-0.1, -0.05) is 84.0 Å². The van der Waals surface area contributed by atoms with Crippen LogP contribution in [0.1, 0.15) is 96.8 Å². The summed E-state index contributed by atoms with van der Waals surface area (Å²) in [5, 5.41) is 0. The molecule has 21 heavy (non-hydrogen) atoms. The molecule has 1 nitrogen and oxygen atoms in total. The molecule has 0 aliphatic carbocycles. The summed E-state index contributed by atoms with van der Waals surface area (Å²) in [5.41, 5.74) is 0. The van der Waals surface area contributed by atoms with Crippen molar-refractivity contribution in [3.63, 3.8) is 0 Å². The van der Waals surface area contributed by atoms with Crippen molar-refractivity contribution in [1.29, 1.82) is 0 Å². The Balaban J connectivity index is 0. The molecule has 0 aliphatic heterocycles. The molecule has 0 aromatic rings. The summed E-state index contributed by atoms with van der Waals surface area (Å²) >= 11 is 0. The van der Waals surface area contributed by atoms with E-state index in [4.69, 9.17) is 0 Å². The Morgan fingerprint density at radius 3 is 1.05 bits per heavy atom. The standard InChI is InChI=1S/C19H42N.S/c1-5-6-7-8-9-10-11-12-13-14-15-16-17-18-19-20(2,3)4;/h5-19H2,1-4H3;/q+1;-2. The Hall–Kier alpha value is 0.310. The topological polar surface area (TPSA) is 0 Å². The van der Waals surface area contributed by atoms with Crippen LogP contribution < -0.4 is 0 Å². The van der Waals surface area contributed by atoms with E-state index in [-0.39, 0.29) is 13.5 Å². The van der Waals surface area contributed by atoms with Crippen LogP contribution in [-0.2, 0) is 13.5 Å². The predicted molar refractivity (Wildman–Crippen MR) is 101 cm³/mol. The SMILES string of the molecule is CCCCCCCCCCCCCCCC[N+](C)(C)C.[S-2]. The summed E-state index contributed by atoms with van der Waals surface area (Å²) in [7, 11) is 6.88. The molecule has 0 radical (unpaired) electrons. The number of rotatable bonds is 15. The molecule has 0 aliphatic rings. The van der Waals surface area contributed by atoms with Gasteiger partial charge in [0.2, 0.25) is 0 Å². The van der Waals surface area contributed by atoms with E-state index in [0.29, 0.717) is 0 Å². The maximum absolute atomic E-state index is 2.29. The van der Waals surface area contributed by atoms with Crippen molar-refractivity contribution in [3.8, 4) is 0 Å². The summed E-state index contributed by atoms with van der Waals surface area (Å²) in [5.74, 6) is 0. The van der Waals surface area contributed by atoms with Crippen LogP contribution in [-0.4, -0.2) is 32.2 Å². The minimum Gasteiger partial charge on any atom is -2.00 e. The van der Waals surface area contributed by atoms with E-state index in [9.17, 15) is 0 Å². The molecule has 0 N–H and O–H groups in total. The summed E-state index contributed by atoms with van der Waals surface area (Å²) in [6.45, 7) is 3.63. The van der Waals surface area contributed by atoms with Gasteiger partial charge in [0.1, 0.15) is 0 Å². The van der Waals surface area contributed by atoms with Gasteiger partial charge in [-0.15, -0.1) is 0 Å². The molecule has 0 aromatic heterocycles. The fourth-order valence-corrected chi connectivity index (χ4v) is 2.78. The van der Waals surface area contributed by atoms with E-state index < -0.39 is 0 Å². The van der Waals surface area contributed by atoms with Gasteiger partial charge in [0.25, 0.3) is 0 Å². The van der Waals surface area contributed by atoms with Gasteiger partial charge in [-0.3, -0.25) is 0 Å². The van der Waals surface area contributed by atoms with Crippen molar-refractivity contribution in [2.75, 3.05) is 27.7 Å². The molecule has 0 amide bonds. The molecule has 0 spiro atoms. The van der Waals surface area contributed by atoms with E-state index in [1.165, 1.54) is 96.4 Å². The number of nitrogens with zero attached hydrogens (tertiary/aromatic N) is 1. The fourth-order valence-electron chi connectivity index (χ4n) is 2.78. The second-order valence-corrected chi connectivity index (χ2v) is 7.61. The zero-order valence-corrected chi connectivity index (χ0v) is 16.3. The molecule has 130 valence electrons. The normalized spacial score (nSPS) is 11.4. The van der Waals surface area contributed by atoms with Gasteiger partial charge in [0.15, 0.2) is 0 Å². The molecule has 0 heterocycles. The van der Waals surface area contributed by atoms with Crippen LogP contribution in [0.2, 0.25) is 0 Å². The van der Waals surface area contributed by atoms with Gasteiger partial charge < -0.3 is 18.0 Å². The number of quaternary nitrogens is 1. The first-order valence-electron chi connectivity index (χ1n) is 9.36. The zero-order valence-electron chi connectivity index (χ0n) is 15.5. The van der Waals surface area contributed by atoms with Crippen molar-refractivity contribution < 1.29 is 4.48 Å². The second kappa shape index (κ2) is 16.7. The van der Waals surface area contributed by atoms with Gasteiger partial charge in [-0.05, 0) is 12.8 Å². The molecular weight excluding hydrogens is 274 g/mol. The highest BCUT2D eigenvalue weighted by Crippen LogP contribution is 2.13. The third-order valence-corrected chi connectivity index (χ3v) is 4.18. The Morgan fingerprint density at radius 1 is 0.476 bits per heavy atom. The number of hydrogen-bond acceptors (Lipinski definition) is 0. The number of hydrogen-bond donors (Lipinski definition) is 0. The maximum atomic E-state index is 2.29. The highest BCUT2D eigenvalue weighted by molar-refractivity contribution is 7.37. The monoisotopic (exact) mass is 316 g/mol. The average Bonchev–Trinajstić information content (AvgIpc) is 2.38. The van der Waals surface area contributed by atoms with Gasteiger partial charge in [0.05, 0.1) is 27.7 Å². The third-order valence-electron chi connectivity index (χ3n) is 4.18. The lowest BCUT2D eigenvalue weighted by atomic mass is 10.0. The molecule has 0 atom stereocenters. The fraction of sp³-hybridized carbons (Fsp3) is 1.00. The van der Waals surface area contributed by atoms with E-state index >= 15 is 0 Å². The Morgan fingerprint density at radius 2 is 0.762 bits per heavy atom. The Labute approximate surface area is 142 Å². The number of unbranched alkanes of at least 4 members (excludes halogenated alkanes) is 13. The van der Waals surface area contributed by atoms with E-state index in [2.05, 4.69) is 28.1 Å². The first kappa shape index (κ1) is 23.6. The minimum absolute atomic E-state index is 0. The van der Waals surface area contributed by atoms with E-state index in [1.807, 2.05) is 0 Å². The average molecular weight is 317 g/mol. The van der Waals surface area contributed by atoms with Crippen molar-refractivity contribution in [2.45, 2.75) is 96.8 Å². The smallest absolute Gasteiger partial charge is 0.0780 e. The lowest BCUT2D eigenvalue weighted by Crippen LogP contribution is -2.35. The summed E-state index contributed by atoms with van der Waals surface area (Å²) in [6.07, 6.45) is 20.4. The molecule has 0 saturated carbocycles. The van der Waals surface area contributed by atoms with E-state index in [0.717, 1.165) is 4.48 Å². The summed E-state index contributed by atoms with van der Waals surface area (Å²) in [6, 6.07) is 0. The van der Waals surface area contributed by atoms with Crippen molar-refractivity contribution in [2.24, 2.45) is 0 Å². The maximum Gasteiger partial charge on any atom is 0.0780 e. The van der Waals surface area contributed by atoms with Crippen LogP contribution in [0, 0.1) is 0 Å². The molecular formula is C19H42NS-. The van der Waals surface area contributed by atoms with Crippen LogP contribution in [0.4, 0.5) is 0 Å². The molecule has 0 aromatic carbocycles. The second-order valence-electron chi connectivity index (χ2n) is 7.61. The first-order chi connectivity index (χ1) is 9.56. The molecule has 0 bridgehead atoms. The molecule has 0 unspecified atom stereocenters. The minimum atomic E-state index is 0. The largest absolute Gasteiger partial charge is 2.00 e. The van der Waals surface area contributed by atoms with Crippen molar-refractivity contribution in [1.82, 2.24) is 0 Å². The predicted octanol–water partition coefficient (Wildman–Crippen LogP) is 6.17. The van der Waals surface area contributed by atoms with Gasteiger partial charge >= 0.3 is 0 Å². The van der Waals surface area contributed by atoms with Crippen LogP contribution in [0.15, 0.2) is 0 Å². The first-order valence-corrected chi connectivity index (χ1v) is 9.36. The zero-order chi connectivity index (χ0) is 15.1. The molecule has 0 rings (SSSR count). The lowest BCUT2D eigenvalue weighted by molar-refractivity contribution is -0.870. The third kappa shape index (κ3) is 22.7. The Kier molecular flexibility index (Phi) is 18.7. The highest BCUT2D eigenvalue weighted by Gasteiger charge is 2.04. The van der Waals surface area contributed by atoms with Gasteiger partial charge in [-0.2, -0.15) is 0 Å². The van der Waals surface area contributed by atoms with Gasteiger partial charge in [-0.25, -0.2) is 0 Å². The van der Waals surface area contributed by atoms with Crippen molar-refractivity contribution in [3.05, 3.63) is 0 Å².